The van der Waals surface area contributed by atoms with Gasteiger partial charge in [0.25, 0.3) is 0 Å². The summed E-state index contributed by atoms with van der Waals surface area (Å²) in [5, 5.41) is 0. The van der Waals surface area contributed by atoms with Crippen LogP contribution in [0.3, 0.4) is 0 Å². The SMILES string of the molecule is CC[C@@H]1C[C@H](N(C)C(C)C)CC[C@@H]1N1CCC(N)C1=O. The second-order valence-corrected chi connectivity index (χ2v) is 6.89. The van der Waals surface area contributed by atoms with Gasteiger partial charge in [0.1, 0.15) is 0 Å². The average Bonchev–Trinajstić information content (AvgIpc) is 2.77. The number of carbonyl (C=O) groups is 1. The molecule has 1 amide bonds. The minimum absolute atomic E-state index is 0.184. The van der Waals surface area contributed by atoms with Crippen molar-refractivity contribution in [2.45, 2.75) is 77.0 Å². The van der Waals surface area contributed by atoms with Gasteiger partial charge in [-0.1, -0.05) is 13.3 Å². The van der Waals surface area contributed by atoms with Gasteiger partial charge >= 0.3 is 0 Å². The Bertz CT molecular complexity index is 345. The highest BCUT2D eigenvalue weighted by Gasteiger charge is 2.40. The molecule has 1 aliphatic heterocycles. The summed E-state index contributed by atoms with van der Waals surface area (Å²) in [4.78, 5) is 16.8. The molecule has 0 radical (unpaired) electrons. The Morgan fingerprint density at radius 1 is 1.35 bits per heavy atom. The number of amides is 1. The van der Waals surface area contributed by atoms with Crippen LogP contribution in [-0.4, -0.2) is 53.5 Å². The first kappa shape index (κ1) is 15.8. The molecule has 1 heterocycles. The molecule has 4 atom stereocenters. The fraction of sp³-hybridized carbons (Fsp3) is 0.938. The van der Waals surface area contributed by atoms with Gasteiger partial charge in [-0.3, -0.25) is 4.79 Å². The van der Waals surface area contributed by atoms with E-state index in [0.717, 1.165) is 25.8 Å². The van der Waals surface area contributed by atoms with Crippen molar-refractivity contribution in [1.82, 2.24) is 9.80 Å². The monoisotopic (exact) mass is 281 g/mol. The van der Waals surface area contributed by atoms with E-state index >= 15 is 0 Å². The number of rotatable bonds is 4. The van der Waals surface area contributed by atoms with Gasteiger partial charge in [-0.05, 0) is 52.5 Å². The van der Waals surface area contributed by atoms with E-state index in [9.17, 15) is 4.79 Å². The minimum Gasteiger partial charge on any atom is -0.338 e. The van der Waals surface area contributed by atoms with E-state index in [0.29, 0.717) is 24.0 Å². The van der Waals surface area contributed by atoms with Crippen LogP contribution in [0.15, 0.2) is 0 Å². The fourth-order valence-electron chi connectivity index (χ4n) is 3.92. The highest BCUT2D eigenvalue weighted by atomic mass is 16.2. The third kappa shape index (κ3) is 3.01. The largest absolute Gasteiger partial charge is 0.338 e. The first-order valence-electron chi connectivity index (χ1n) is 8.23. The van der Waals surface area contributed by atoms with Crippen molar-refractivity contribution < 1.29 is 4.79 Å². The molecule has 4 nitrogen and oxygen atoms in total. The smallest absolute Gasteiger partial charge is 0.239 e. The molecular formula is C16H31N3O. The highest BCUT2D eigenvalue weighted by molar-refractivity contribution is 5.84. The Morgan fingerprint density at radius 3 is 2.55 bits per heavy atom. The van der Waals surface area contributed by atoms with Gasteiger partial charge in [-0.25, -0.2) is 0 Å². The number of hydrogen-bond donors (Lipinski definition) is 1. The summed E-state index contributed by atoms with van der Waals surface area (Å²) in [5.41, 5.74) is 5.88. The Kier molecular flexibility index (Phi) is 5.08. The lowest BCUT2D eigenvalue weighted by molar-refractivity contribution is -0.132. The van der Waals surface area contributed by atoms with Crippen LogP contribution in [-0.2, 0) is 4.79 Å². The molecule has 0 aromatic carbocycles. The second kappa shape index (κ2) is 6.44. The van der Waals surface area contributed by atoms with Crippen molar-refractivity contribution in [3.8, 4) is 0 Å². The molecule has 2 fully saturated rings. The number of nitrogens with zero attached hydrogens (tertiary/aromatic N) is 2. The molecule has 4 heteroatoms. The van der Waals surface area contributed by atoms with Crippen molar-refractivity contribution in [2.75, 3.05) is 13.6 Å². The number of carbonyl (C=O) groups excluding carboxylic acids is 1. The Morgan fingerprint density at radius 2 is 2.05 bits per heavy atom. The molecule has 0 aromatic heterocycles. The van der Waals surface area contributed by atoms with Crippen molar-refractivity contribution in [1.29, 1.82) is 0 Å². The zero-order valence-electron chi connectivity index (χ0n) is 13.5. The van der Waals surface area contributed by atoms with Crippen LogP contribution >= 0.6 is 0 Å². The summed E-state index contributed by atoms with van der Waals surface area (Å²) in [5.74, 6) is 0.813. The van der Waals surface area contributed by atoms with Crippen molar-refractivity contribution in [2.24, 2.45) is 11.7 Å². The average molecular weight is 281 g/mol. The van der Waals surface area contributed by atoms with Gasteiger partial charge in [0.2, 0.25) is 5.91 Å². The van der Waals surface area contributed by atoms with Crippen LogP contribution < -0.4 is 5.73 Å². The van der Waals surface area contributed by atoms with Crippen LogP contribution in [0.2, 0.25) is 0 Å². The van der Waals surface area contributed by atoms with E-state index in [4.69, 9.17) is 5.73 Å². The van der Waals surface area contributed by atoms with Crippen LogP contribution in [0.5, 0.6) is 0 Å². The minimum atomic E-state index is -0.247. The molecular weight excluding hydrogens is 250 g/mol. The van der Waals surface area contributed by atoms with Gasteiger partial charge in [0.15, 0.2) is 0 Å². The Labute approximate surface area is 123 Å². The molecule has 2 N–H and O–H groups in total. The number of nitrogens with two attached hydrogens (primary N) is 1. The van der Waals surface area contributed by atoms with E-state index in [1.807, 2.05) is 0 Å². The lowest BCUT2D eigenvalue weighted by Gasteiger charge is -2.44. The molecule has 2 aliphatic rings. The second-order valence-electron chi connectivity index (χ2n) is 6.89. The summed E-state index contributed by atoms with van der Waals surface area (Å²) >= 11 is 0. The summed E-state index contributed by atoms with van der Waals surface area (Å²) < 4.78 is 0. The maximum Gasteiger partial charge on any atom is 0.239 e. The van der Waals surface area contributed by atoms with Gasteiger partial charge in [-0.15, -0.1) is 0 Å². The van der Waals surface area contributed by atoms with Gasteiger partial charge in [0.05, 0.1) is 6.04 Å². The third-order valence-corrected chi connectivity index (χ3v) is 5.51. The maximum absolute atomic E-state index is 12.2. The first-order valence-corrected chi connectivity index (χ1v) is 8.23. The molecule has 1 saturated carbocycles. The topological polar surface area (TPSA) is 49.6 Å². The first-order chi connectivity index (χ1) is 9.45. The highest BCUT2D eigenvalue weighted by Crippen LogP contribution is 2.35. The van der Waals surface area contributed by atoms with Gasteiger partial charge < -0.3 is 15.5 Å². The maximum atomic E-state index is 12.2. The molecule has 0 spiro atoms. The van der Waals surface area contributed by atoms with Crippen LogP contribution in [0.1, 0.15) is 52.9 Å². The third-order valence-electron chi connectivity index (χ3n) is 5.51. The predicted molar refractivity (Wildman–Crippen MR) is 82.4 cm³/mol. The zero-order valence-corrected chi connectivity index (χ0v) is 13.5. The molecule has 116 valence electrons. The van der Waals surface area contributed by atoms with Crippen LogP contribution in [0.25, 0.3) is 0 Å². The van der Waals surface area contributed by atoms with E-state index < -0.39 is 0 Å². The van der Waals surface area contributed by atoms with E-state index in [2.05, 4.69) is 37.6 Å². The van der Waals surface area contributed by atoms with E-state index in [-0.39, 0.29) is 11.9 Å². The quantitative estimate of drug-likeness (QED) is 0.855. The number of hydrogen-bond acceptors (Lipinski definition) is 3. The number of likely N-dealkylation sites (tertiary alicyclic amines) is 1. The lowest BCUT2D eigenvalue weighted by atomic mass is 9.78. The van der Waals surface area contributed by atoms with Gasteiger partial charge in [-0.2, -0.15) is 0 Å². The Hall–Kier alpha value is -0.610. The van der Waals surface area contributed by atoms with Crippen molar-refractivity contribution >= 4 is 5.91 Å². The van der Waals surface area contributed by atoms with Crippen molar-refractivity contribution in [3.63, 3.8) is 0 Å². The van der Waals surface area contributed by atoms with Crippen LogP contribution in [0.4, 0.5) is 0 Å². The fourth-order valence-corrected chi connectivity index (χ4v) is 3.92. The van der Waals surface area contributed by atoms with E-state index in [1.54, 1.807) is 0 Å². The summed E-state index contributed by atoms with van der Waals surface area (Å²) in [6.07, 6.45) is 5.55. The predicted octanol–water partition coefficient (Wildman–Crippen LogP) is 1.83. The zero-order chi connectivity index (χ0) is 14.9. The normalized spacial score (nSPS) is 35.4. The lowest BCUT2D eigenvalue weighted by Crippen LogP contribution is -2.50. The summed E-state index contributed by atoms with van der Waals surface area (Å²) in [6, 6.07) is 1.44. The molecule has 0 aromatic rings. The standard InChI is InChI=1S/C16H31N3O/c1-5-12-10-13(18(4)11(2)3)6-7-15(12)19-9-8-14(17)16(19)20/h11-15H,5-10,17H2,1-4H3/t12-,13-,14?,15+/m1/s1. The molecule has 2 rings (SSSR count). The molecule has 20 heavy (non-hydrogen) atoms. The summed E-state index contributed by atoms with van der Waals surface area (Å²) in [6.45, 7) is 7.65. The molecule has 1 saturated heterocycles. The molecule has 1 aliphatic carbocycles. The van der Waals surface area contributed by atoms with Gasteiger partial charge in [0, 0.05) is 24.7 Å². The van der Waals surface area contributed by atoms with E-state index in [1.165, 1.54) is 12.8 Å². The van der Waals surface area contributed by atoms with Crippen LogP contribution in [0, 0.1) is 5.92 Å². The summed E-state index contributed by atoms with van der Waals surface area (Å²) in [7, 11) is 2.24. The molecule has 1 unspecified atom stereocenters. The Balaban J connectivity index is 2.02. The van der Waals surface area contributed by atoms with Crippen molar-refractivity contribution in [3.05, 3.63) is 0 Å². The molecule has 0 bridgehead atoms.